The van der Waals surface area contributed by atoms with E-state index in [1.165, 1.54) is 4.31 Å². The largest absolute Gasteiger partial charge is 0.264 e. The predicted octanol–water partition coefficient (Wildman–Crippen LogP) is 3.83. The lowest BCUT2D eigenvalue weighted by molar-refractivity contribution is 0.593. The maximum atomic E-state index is 12.7. The van der Waals surface area contributed by atoms with Crippen molar-refractivity contribution in [3.05, 3.63) is 71.7 Å². The fourth-order valence-electron chi connectivity index (χ4n) is 1.79. The van der Waals surface area contributed by atoms with E-state index in [4.69, 9.17) is 0 Å². The van der Waals surface area contributed by atoms with Gasteiger partial charge in [0.25, 0.3) is 10.0 Å². The number of halogens is 1. The summed E-state index contributed by atoms with van der Waals surface area (Å²) in [5, 5.41) is 0. The summed E-state index contributed by atoms with van der Waals surface area (Å²) in [6.07, 6.45) is 1.57. The van der Waals surface area contributed by atoms with Crippen LogP contribution in [0.3, 0.4) is 0 Å². The maximum Gasteiger partial charge on any atom is 0.264 e. The smallest absolute Gasteiger partial charge is 0.263 e. The minimum Gasteiger partial charge on any atom is -0.263 e. The molecule has 5 heteroatoms. The van der Waals surface area contributed by atoms with Crippen LogP contribution in [0, 0.1) is 0 Å². The van der Waals surface area contributed by atoms with E-state index in [-0.39, 0.29) is 11.4 Å². The first kappa shape index (κ1) is 14.8. The average molecular weight is 352 g/mol. The van der Waals surface area contributed by atoms with Crippen molar-refractivity contribution >= 4 is 31.6 Å². The molecule has 0 unspecified atom stereocenters. The summed E-state index contributed by atoms with van der Waals surface area (Å²) in [5.74, 6) is 0. The van der Waals surface area contributed by atoms with E-state index in [9.17, 15) is 8.42 Å². The molecule has 0 heterocycles. The zero-order valence-corrected chi connectivity index (χ0v) is 13.1. The summed E-state index contributed by atoms with van der Waals surface area (Å²) >= 11 is 3.34. The molecular formula is C15H14BrNO2S. The van der Waals surface area contributed by atoms with E-state index in [1.54, 1.807) is 48.5 Å². The summed E-state index contributed by atoms with van der Waals surface area (Å²) < 4.78 is 27.6. The first-order valence-corrected chi connectivity index (χ1v) is 8.23. The van der Waals surface area contributed by atoms with Crippen LogP contribution in [-0.4, -0.2) is 15.0 Å². The van der Waals surface area contributed by atoms with E-state index in [0.29, 0.717) is 5.69 Å². The van der Waals surface area contributed by atoms with Crippen molar-refractivity contribution in [3.63, 3.8) is 0 Å². The molecule has 0 saturated carbocycles. The molecule has 0 radical (unpaired) electrons. The molecule has 0 spiro atoms. The molecule has 0 saturated heterocycles. The first-order chi connectivity index (χ1) is 9.55. The number of sulfonamides is 1. The Morgan fingerprint density at radius 2 is 1.65 bits per heavy atom. The van der Waals surface area contributed by atoms with Crippen LogP contribution >= 0.6 is 15.9 Å². The van der Waals surface area contributed by atoms with Crippen LogP contribution in [0.4, 0.5) is 5.69 Å². The highest BCUT2D eigenvalue weighted by Gasteiger charge is 2.23. The van der Waals surface area contributed by atoms with E-state index >= 15 is 0 Å². The third-order valence-electron chi connectivity index (χ3n) is 2.74. The van der Waals surface area contributed by atoms with E-state index < -0.39 is 10.0 Å². The SMILES string of the molecule is C=CCN(c1ccc(Br)cc1)S(=O)(=O)c1ccccc1. The monoisotopic (exact) mass is 351 g/mol. The highest BCUT2D eigenvalue weighted by Crippen LogP contribution is 2.25. The second-order valence-electron chi connectivity index (χ2n) is 4.11. The van der Waals surface area contributed by atoms with Crippen molar-refractivity contribution in [2.75, 3.05) is 10.8 Å². The van der Waals surface area contributed by atoms with Crippen molar-refractivity contribution in [3.8, 4) is 0 Å². The van der Waals surface area contributed by atoms with Crippen molar-refractivity contribution in [2.45, 2.75) is 4.90 Å². The van der Waals surface area contributed by atoms with Gasteiger partial charge in [-0.3, -0.25) is 4.31 Å². The van der Waals surface area contributed by atoms with Crippen LogP contribution < -0.4 is 4.31 Å². The Hall–Kier alpha value is -1.59. The lowest BCUT2D eigenvalue weighted by Crippen LogP contribution is -2.31. The lowest BCUT2D eigenvalue weighted by Gasteiger charge is -2.23. The molecule has 2 aromatic rings. The Morgan fingerprint density at radius 1 is 1.05 bits per heavy atom. The molecule has 3 nitrogen and oxygen atoms in total. The minimum absolute atomic E-state index is 0.221. The van der Waals surface area contributed by atoms with Crippen LogP contribution in [0.25, 0.3) is 0 Å². The number of nitrogens with zero attached hydrogens (tertiary/aromatic N) is 1. The molecule has 0 aromatic heterocycles. The van der Waals surface area contributed by atoms with Crippen LogP contribution in [0.1, 0.15) is 0 Å². The van der Waals surface area contributed by atoms with Gasteiger partial charge in [0.1, 0.15) is 0 Å². The molecule has 0 atom stereocenters. The Kier molecular flexibility index (Phi) is 4.62. The molecule has 0 aliphatic carbocycles. The van der Waals surface area contributed by atoms with Gasteiger partial charge in [0.15, 0.2) is 0 Å². The fraction of sp³-hybridized carbons (Fsp3) is 0.0667. The van der Waals surface area contributed by atoms with Crippen molar-refractivity contribution in [1.29, 1.82) is 0 Å². The standard InChI is InChI=1S/C15H14BrNO2S/c1-2-12-17(14-10-8-13(16)9-11-14)20(18,19)15-6-4-3-5-7-15/h2-11H,1,12H2. The molecular weight excluding hydrogens is 338 g/mol. The Morgan fingerprint density at radius 3 is 2.20 bits per heavy atom. The molecule has 20 heavy (non-hydrogen) atoms. The number of rotatable bonds is 5. The Labute approximate surface area is 127 Å². The lowest BCUT2D eigenvalue weighted by atomic mass is 10.3. The van der Waals surface area contributed by atoms with Gasteiger partial charge >= 0.3 is 0 Å². The summed E-state index contributed by atoms with van der Waals surface area (Å²) in [6.45, 7) is 3.86. The second-order valence-corrected chi connectivity index (χ2v) is 6.89. The molecule has 0 bridgehead atoms. The third-order valence-corrected chi connectivity index (χ3v) is 5.08. The zero-order chi connectivity index (χ0) is 14.6. The van der Waals surface area contributed by atoms with Gasteiger partial charge in [-0.15, -0.1) is 6.58 Å². The molecule has 2 aromatic carbocycles. The van der Waals surface area contributed by atoms with Crippen molar-refractivity contribution < 1.29 is 8.42 Å². The molecule has 104 valence electrons. The van der Waals surface area contributed by atoms with Gasteiger partial charge in [-0.25, -0.2) is 8.42 Å². The molecule has 2 rings (SSSR count). The number of hydrogen-bond donors (Lipinski definition) is 0. The van der Waals surface area contributed by atoms with Gasteiger partial charge < -0.3 is 0 Å². The van der Waals surface area contributed by atoms with Crippen LogP contribution in [-0.2, 0) is 10.0 Å². The van der Waals surface area contributed by atoms with Gasteiger partial charge in [0, 0.05) is 4.47 Å². The second kappa shape index (κ2) is 6.24. The third kappa shape index (κ3) is 3.11. The highest BCUT2D eigenvalue weighted by molar-refractivity contribution is 9.10. The molecule has 0 N–H and O–H groups in total. The predicted molar refractivity (Wildman–Crippen MR) is 85.3 cm³/mol. The highest BCUT2D eigenvalue weighted by atomic mass is 79.9. The summed E-state index contributed by atoms with van der Waals surface area (Å²) in [7, 11) is -3.58. The number of anilines is 1. The summed E-state index contributed by atoms with van der Waals surface area (Å²) in [6, 6.07) is 15.5. The summed E-state index contributed by atoms with van der Waals surface area (Å²) in [4.78, 5) is 0.268. The molecule has 0 amide bonds. The topological polar surface area (TPSA) is 37.4 Å². The first-order valence-electron chi connectivity index (χ1n) is 6.00. The van der Waals surface area contributed by atoms with Gasteiger partial charge in [0.2, 0.25) is 0 Å². The van der Waals surface area contributed by atoms with Gasteiger partial charge in [-0.1, -0.05) is 40.2 Å². The van der Waals surface area contributed by atoms with Crippen LogP contribution in [0.2, 0.25) is 0 Å². The fourth-order valence-corrected chi connectivity index (χ4v) is 3.51. The van der Waals surface area contributed by atoms with E-state index in [2.05, 4.69) is 22.5 Å². The van der Waals surface area contributed by atoms with Crippen LogP contribution in [0.5, 0.6) is 0 Å². The zero-order valence-electron chi connectivity index (χ0n) is 10.7. The van der Waals surface area contributed by atoms with Crippen molar-refractivity contribution in [1.82, 2.24) is 0 Å². The molecule has 0 fully saturated rings. The van der Waals surface area contributed by atoms with Gasteiger partial charge in [0.05, 0.1) is 17.1 Å². The van der Waals surface area contributed by atoms with Gasteiger partial charge in [-0.2, -0.15) is 0 Å². The van der Waals surface area contributed by atoms with Crippen molar-refractivity contribution in [2.24, 2.45) is 0 Å². The summed E-state index contributed by atoms with van der Waals surface area (Å²) in [5.41, 5.74) is 0.608. The van der Waals surface area contributed by atoms with Crippen LogP contribution in [0.15, 0.2) is 76.6 Å². The average Bonchev–Trinajstić information content (AvgIpc) is 2.47. The number of hydrogen-bond acceptors (Lipinski definition) is 2. The Balaban J connectivity index is 2.48. The maximum absolute atomic E-state index is 12.7. The molecule has 0 aliphatic rings. The van der Waals surface area contributed by atoms with E-state index in [1.807, 2.05) is 12.1 Å². The normalized spacial score (nSPS) is 11.1. The number of benzene rings is 2. The minimum atomic E-state index is -3.58. The van der Waals surface area contributed by atoms with E-state index in [0.717, 1.165) is 4.47 Å². The quantitative estimate of drug-likeness (QED) is 0.767. The van der Waals surface area contributed by atoms with Gasteiger partial charge in [-0.05, 0) is 36.4 Å². The Bertz CT molecular complexity index is 682. The molecule has 0 aliphatic heterocycles.